The fourth-order valence-corrected chi connectivity index (χ4v) is 1.83. The van der Waals surface area contributed by atoms with E-state index in [2.05, 4.69) is 24.5 Å². The number of fused-ring (bicyclic) bond motifs is 1. The maximum absolute atomic E-state index is 9.35. The van der Waals surface area contributed by atoms with Gasteiger partial charge in [-0.1, -0.05) is 0 Å². The lowest BCUT2D eigenvalue weighted by atomic mass is 10.2. The molecule has 0 amide bonds. The van der Waals surface area contributed by atoms with Crippen LogP contribution in [-0.2, 0) is 6.54 Å². The summed E-state index contributed by atoms with van der Waals surface area (Å²) in [4.78, 5) is 0. The molecule has 0 unspecified atom stereocenters. The molecule has 0 aliphatic carbocycles. The van der Waals surface area contributed by atoms with Crippen LogP contribution in [0.3, 0.4) is 0 Å². The van der Waals surface area contributed by atoms with Crippen molar-refractivity contribution in [3.8, 4) is 5.75 Å². The summed E-state index contributed by atoms with van der Waals surface area (Å²) in [7, 11) is 0. The molecular formula is C12H14NO+. The molecule has 2 rings (SSSR count). The summed E-state index contributed by atoms with van der Waals surface area (Å²) in [5.41, 5.74) is 2.41. The van der Waals surface area contributed by atoms with Crippen molar-refractivity contribution < 1.29 is 9.67 Å². The first kappa shape index (κ1) is 9.00. The van der Waals surface area contributed by atoms with E-state index in [1.54, 1.807) is 12.1 Å². The quantitative estimate of drug-likeness (QED) is 0.681. The van der Waals surface area contributed by atoms with Crippen LogP contribution < -0.4 is 4.57 Å². The maximum atomic E-state index is 9.35. The Morgan fingerprint density at radius 1 is 1.21 bits per heavy atom. The topological polar surface area (TPSA) is 24.1 Å². The highest BCUT2D eigenvalue weighted by Crippen LogP contribution is 2.17. The molecule has 14 heavy (non-hydrogen) atoms. The van der Waals surface area contributed by atoms with E-state index in [0.29, 0.717) is 5.75 Å². The number of hydrogen-bond acceptors (Lipinski definition) is 1. The first-order valence-corrected chi connectivity index (χ1v) is 4.84. The molecule has 72 valence electrons. The van der Waals surface area contributed by atoms with Gasteiger partial charge in [-0.05, 0) is 25.1 Å². The minimum atomic E-state index is 0.323. The van der Waals surface area contributed by atoms with Gasteiger partial charge < -0.3 is 5.11 Å². The fraction of sp³-hybridized carbons (Fsp3) is 0.250. The number of aromatic hydroxyl groups is 1. The van der Waals surface area contributed by atoms with Gasteiger partial charge in [-0.3, -0.25) is 0 Å². The molecule has 0 saturated carbocycles. The lowest BCUT2D eigenvalue weighted by molar-refractivity contribution is -0.673. The van der Waals surface area contributed by atoms with Crippen LogP contribution in [0.4, 0.5) is 0 Å². The first-order valence-electron chi connectivity index (χ1n) is 4.84. The number of nitrogens with zero attached hydrogens (tertiary/aromatic N) is 1. The Hall–Kier alpha value is -1.57. The summed E-state index contributed by atoms with van der Waals surface area (Å²) in [6.45, 7) is 5.17. The molecule has 2 nitrogen and oxygen atoms in total. The molecule has 1 aromatic carbocycles. The predicted octanol–water partition coefficient (Wildman–Crippen LogP) is 2.16. The molecule has 0 radical (unpaired) electrons. The molecule has 0 bridgehead atoms. The number of hydrogen-bond donors (Lipinski definition) is 1. The second-order valence-corrected chi connectivity index (χ2v) is 3.46. The normalized spacial score (nSPS) is 10.7. The molecule has 1 heterocycles. The van der Waals surface area contributed by atoms with Crippen molar-refractivity contribution in [2.45, 2.75) is 20.4 Å². The van der Waals surface area contributed by atoms with Gasteiger partial charge in [0, 0.05) is 19.1 Å². The van der Waals surface area contributed by atoms with Gasteiger partial charge >= 0.3 is 0 Å². The molecular weight excluding hydrogens is 174 g/mol. The van der Waals surface area contributed by atoms with E-state index in [0.717, 1.165) is 11.9 Å². The van der Waals surface area contributed by atoms with Crippen LogP contribution in [0.5, 0.6) is 5.75 Å². The molecule has 2 heteroatoms. The summed E-state index contributed by atoms with van der Waals surface area (Å²) >= 11 is 0. The first-order chi connectivity index (χ1) is 6.72. The number of aryl methyl sites for hydroxylation is 2. The van der Waals surface area contributed by atoms with Gasteiger partial charge in [-0.25, -0.2) is 0 Å². The molecule has 0 atom stereocenters. The van der Waals surface area contributed by atoms with Crippen LogP contribution in [0.2, 0.25) is 0 Å². The summed E-state index contributed by atoms with van der Waals surface area (Å²) in [5.74, 6) is 0.323. The lowest BCUT2D eigenvalue weighted by Crippen LogP contribution is -2.36. The van der Waals surface area contributed by atoms with E-state index in [9.17, 15) is 5.11 Å². The lowest BCUT2D eigenvalue weighted by Gasteiger charge is -2.02. The standard InChI is InChI=1S/C12H13NO/c1-3-13-9(2)4-5-10-8-11(14)6-7-12(10)13/h4-8H,3H2,1-2H3/p+1. The van der Waals surface area contributed by atoms with Crippen LogP contribution in [-0.4, -0.2) is 5.11 Å². The monoisotopic (exact) mass is 188 g/mol. The minimum absolute atomic E-state index is 0.323. The Morgan fingerprint density at radius 3 is 2.71 bits per heavy atom. The number of pyridine rings is 1. The van der Waals surface area contributed by atoms with Crippen molar-refractivity contribution in [1.29, 1.82) is 0 Å². The third-order valence-electron chi connectivity index (χ3n) is 2.55. The highest BCUT2D eigenvalue weighted by molar-refractivity contribution is 5.77. The van der Waals surface area contributed by atoms with Crippen molar-refractivity contribution in [2.75, 3.05) is 0 Å². The molecule has 0 aliphatic rings. The summed E-state index contributed by atoms with van der Waals surface area (Å²) in [5, 5.41) is 10.4. The van der Waals surface area contributed by atoms with Crippen LogP contribution in [0, 0.1) is 6.92 Å². The zero-order chi connectivity index (χ0) is 10.1. The Kier molecular flexibility index (Phi) is 2.12. The van der Waals surface area contributed by atoms with E-state index in [4.69, 9.17) is 0 Å². The number of rotatable bonds is 1. The Bertz CT molecular complexity index is 477. The van der Waals surface area contributed by atoms with Crippen LogP contribution in [0.15, 0.2) is 30.3 Å². The molecule has 0 spiro atoms. The Labute approximate surface area is 83.4 Å². The van der Waals surface area contributed by atoms with Crippen LogP contribution >= 0.6 is 0 Å². The van der Waals surface area contributed by atoms with E-state index >= 15 is 0 Å². The minimum Gasteiger partial charge on any atom is -0.508 e. The second kappa shape index (κ2) is 3.29. The molecule has 0 aliphatic heterocycles. The average molecular weight is 188 g/mol. The molecule has 1 aromatic heterocycles. The third-order valence-corrected chi connectivity index (χ3v) is 2.55. The molecule has 2 aromatic rings. The highest BCUT2D eigenvalue weighted by Gasteiger charge is 2.09. The number of benzene rings is 1. The third kappa shape index (κ3) is 1.33. The maximum Gasteiger partial charge on any atom is 0.212 e. The van der Waals surface area contributed by atoms with Gasteiger partial charge in [0.2, 0.25) is 5.52 Å². The summed E-state index contributed by atoms with van der Waals surface area (Å²) < 4.78 is 2.23. The van der Waals surface area contributed by atoms with E-state index < -0.39 is 0 Å². The van der Waals surface area contributed by atoms with Gasteiger partial charge in [-0.2, -0.15) is 4.57 Å². The molecule has 1 N–H and O–H groups in total. The van der Waals surface area contributed by atoms with E-state index in [1.165, 1.54) is 11.2 Å². The SMILES string of the molecule is CC[n+]1c(C)ccc2cc(O)ccc21. The highest BCUT2D eigenvalue weighted by atomic mass is 16.3. The van der Waals surface area contributed by atoms with Crippen molar-refractivity contribution >= 4 is 10.9 Å². The van der Waals surface area contributed by atoms with Crippen LogP contribution in [0.1, 0.15) is 12.6 Å². The summed E-state index contributed by atoms with van der Waals surface area (Å²) in [6.07, 6.45) is 0. The predicted molar refractivity (Wildman–Crippen MR) is 56.2 cm³/mol. The number of phenolic OH excluding ortho intramolecular Hbond substituents is 1. The van der Waals surface area contributed by atoms with Gasteiger partial charge in [0.1, 0.15) is 12.3 Å². The largest absolute Gasteiger partial charge is 0.508 e. The zero-order valence-electron chi connectivity index (χ0n) is 8.49. The number of aromatic nitrogens is 1. The van der Waals surface area contributed by atoms with Crippen LogP contribution in [0.25, 0.3) is 10.9 Å². The van der Waals surface area contributed by atoms with E-state index in [1.807, 2.05) is 12.1 Å². The smallest absolute Gasteiger partial charge is 0.212 e. The van der Waals surface area contributed by atoms with Gasteiger partial charge in [0.05, 0.1) is 5.39 Å². The van der Waals surface area contributed by atoms with Crippen molar-refractivity contribution in [3.63, 3.8) is 0 Å². The number of phenols is 1. The van der Waals surface area contributed by atoms with Gasteiger partial charge in [0.15, 0.2) is 5.69 Å². The summed E-state index contributed by atoms with van der Waals surface area (Å²) in [6, 6.07) is 9.60. The fourth-order valence-electron chi connectivity index (χ4n) is 1.83. The zero-order valence-corrected chi connectivity index (χ0v) is 8.49. The van der Waals surface area contributed by atoms with Crippen molar-refractivity contribution in [3.05, 3.63) is 36.0 Å². The van der Waals surface area contributed by atoms with Gasteiger partial charge in [-0.15, -0.1) is 0 Å². The van der Waals surface area contributed by atoms with E-state index in [-0.39, 0.29) is 0 Å². The second-order valence-electron chi connectivity index (χ2n) is 3.46. The average Bonchev–Trinajstić information content (AvgIpc) is 2.18. The Balaban J connectivity index is 2.82. The van der Waals surface area contributed by atoms with Crippen molar-refractivity contribution in [1.82, 2.24) is 0 Å². The Morgan fingerprint density at radius 2 is 2.00 bits per heavy atom. The van der Waals surface area contributed by atoms with Gasteiger partial charge in [0.25, 0.3) is 0 Å². The van der Waals surface area contributed by atoms with Crippen molar-refractivity contribution in [2.24, 2.45) is 0 Å². The molecule has 0 fully saturated rings. The molecule has 0 saturated heterocycles.